The van der Waals surface area contributed by atoms with E-state index >= 15 is 0 Å². The minimum absolute atomic E-state index is 0.0258. The third-order valence-electron chi connectivity index (χ3n) is 9.50. The molecule has 8 N–H and O–H groups in total. The molecule has 66 heavy (non-hydrogen) atoms. The van der Waals surface area contributed by atoms with E-state index in [1.165, 1.54) is 6.42 Å². The molecule has 0 aliphatic carbocycles. The molecule has 1 rings (SSSR count). The van der Waals surface area contributed by atoms with Crippen molar-refractivity contribution >= 4 is 60.5 Å². The highest BCUT2D eigenvalue weighted by molar-refractivity contribution is 7.98. The number of thioether (sulfide) groups is 1. The number of carboxylic acid groups (broad SMARTS) is 3. The summed E-state index contributed by atoms with van der Waals surface area (Å²) in [6, 6.07) is 0.176. The van der Waals surface area contributed by atoms with Gasteiger partial charge in [0.15, 0.2) is 0 Å². The molecule has 0 aromatic heterocycles. The van der Waals surface area contributed by atoms with E-state index in [0.29, 0.717) is 71.0 Å². The lowest BCUT2D eigenvalue weighted by molar-refractivity contribution is -0.140. The number of unbranched alkanes of at least 4 members (excludes halogenated alkanes) is 2. The molecule has 1 fully saturated rings. The molecule has 20 nitrogen and oxygen atoms in total. The van der Waals surface area contributed by atoms with E-state index in [2.05, 4.69) is 41.7 Å². The second-order valence-corrected chi connectivity index (χ2v) is 17.0. The third-order valence-corrected chi connectivity index (χ3v) is 10.1. The second-order valence-electron chi connectivity index (χ2n) is 16.0. The molecule has 2 atom stereocenters. The number of allylic oxidation sites excluding steroid dienone is 1. The van der Waals surface area contributed by atoms with Crippen molar-refractivity contribution in [3.63, 3.8) is 0 Å². The number of nitrogens with one attached hydrogen (secondary N) is 4. The molecule has 0 bridgehead atoms. The number of ketones is 1. The van der Waals surface area contributed by atoms with E-state index in [1.54, 1.807) is 21.6 Å². The van der Waals surface area contributed by atoms with Gasteiger partial charge in [0.1, 0.15) is 12.1 Å². The Kier molecular flexibility index (Phi) is 50.6. The lowest BCUT2D eigenvalue weighted by Crippen LogP contribution is -2.50. The minimum atomic E-state index is -0.948. The normalized spacial score (nSPS) is 14.6. The number of Topliss-reactive ketones (excluding diaryl/α,β-unsaturated/α-hetero) is 1. The Morgan fingerprint density at radius 2 is 1.12 bits per heavy atom. The van der Waals surface area contributed by atoms with Crippen molar-refractivity contribution in [2.24, 2.45) is 5.92 Å². The fourth-order valence-corrected chi connectivity index (χ4v) is 6.59. The number of aldehydes is 1. The average Bonchev–Trinajstić information content (AvgIpc) is 3.25. The molecule has 0 radical (unpaired) electrons. The monoisotopic (exact) mass is 965 g/mol. The van der Waals surface area contributed by atoms with Crippen LogP contribution in [0.5, 0.6) is 0 Å². The van der Waals surface area contributed by atoms with Gasteiger partial charge >= 0.3 is 11.9 Å². The lowest BCUT2D eigenvalue weighted by atomic mass is 10.0. The summed E-state index contributed by atoms with van der Waals surface area (Å²) in [7, 11) is 1.00. The highest BCUT2D eigenvalue weighted by Gasteiger charge is 2.21. The van der Waals surface area contributed by atoms with Crippen molar-refractivity contribution in [2.45, 2.75) is 111 Å². The molecule has 0 aromatic carbocycles. The van der Waals surface area contributed by atoms with Crippen LogP contribution in [0.4, 0.5) is 0 Å². The highest BCUT2D eigenvalue weighted by atomic mass is 32.2. The van der Waals surface area contributed by atoms with Crippen molar-refractivity contribution in [2.75, 3.05) is 111 Å². The molecule has 21 heteroatoms. The summed E-state index contributed by atoms with van der Waals surface area (Å²) < 4.78 is 0. The number of carbonyl (C=O) groups is 8. The molecule has 0 aromatic rings. The first kappa shape index (κ1) is 68.4. The number of rotatable bonds is 28. The van der Waals surface area contributed by atoms with E-state index in [-0.39, 0.29) is 69.0 Å². The standard InChI is InChI=1S/C21H39N5O6S.C19H35N3O3.C3H8.CH2O2.CH4O/c1-18(3-14-33-2)22-19(28)15-24-6-4-23(12-13-27)5-7-25(16-20(29)30)10-11-26(9-8-24)17-21(31)32;1-15(2)18(24)11-6-5-9-16(3)21-12-8-7-10-17(4)22-19(25)13-20-14-23;1-3-2;2-1-3;1-2/h13,18H,3-12,14-17H2,1-2H3,(H,22,28)(H,29,30)(H,31,32);14-15,17,21H,3,5-13H2,1-2,4H3,(H,20,23)(H,22,25);3H2,1-2H3;1H,(H,2,3);2H,1H3. The molecule has 1 aliphatic heterocycles. The SMILES string of the molecule is C=C(CCCCC(=O)C(C)C)NCCCCC(C)NC(=O)CNC=O.CCC.CO.CSCCC(C)NC(=O)CN1CCN(CC=O)CCN(CC(=O)O)CCN(CC(=O)O)CC1.O=CO. The Balaban J connectivity index is -0.000000516. The Hall–Kier alpha value is -4.15. The van der Waals surface area contributed by atoms with E-state index in [4.69, 9.17) is 15.0 Å². The zero-order valence-electron chi connectivity index (χ0n) is 41.4. The maximum atomic E-state index is 12.6. The van der Waals surface area contributed by atoms with Gasteiger partial charge in [0.2, 0.25) is 18.2 Å². The number of carboxylic acids is 2. The number of aliphatic hydroxyl groups excluding tert-OH is 1. The van der Waals surface area contributed by atoms with Crippen LogP contribution in [0.1, 0.15) is 99.3 Å². The quantitative estimate of drug-likeness (QED) is 0.0410. The van der Waals surface area contributed by atoms with Gasteiger partial charge in [0.25, 0.3) is 6.47 Å². The van der Waals surface area contributed by atoms with Gasteiger partial charge in [-0.15, -0.1) is 0 Å². The van der Waals surface area contributed by atoms with Gasteiger partial charge in [-0.1, -0.05) is 40.7 Å². The van der Waals surface area contributed by atoms with Gasteiger partial charge in [-0.2, -0.15) is 11.8 Å². The van der Waals surface area contributed by atoms with Gasteiger partial charge in [-0.25, -0.2) is 0 Å². The number of carbonyl (C=O) groups excluding carboxylic acids is 5. The summed E-state index contributed by atoms with van der Waals surface area (Å²) in [5, 5.41) is 43.9. The smallest absolute Gasteiger partial charge is 0.317 e. The highest BCUT2D eigenvalue weighted by Crippen LogP contribution is 2.09. The molecule has 1 aliphatic rings. The van der Waals surface area contributed by atoms with E-state index < -0.39 is 11.9 Å². The van der Waals surface area contributed by atoms with Crippen LogP contribution in [0.25, 0.3) is 0 Å². The summed E-state index contributed by atoms with van der Waals surface area (Å²) in [5.41, 5.74) is 1.03. The number of aliphatic hydroxyl groups is 1. The summed E-state index contributed by atoms with van der Waals surface area (Å²) in [4.78, 5) is 95.1. The van der Waals surface area contributed by atoms with Crippen LogP contribution >= 0.6 is 11.8 Å². The first-order chi connectivity index (χ1) is 31.4. The lowest BCUT2D eigenvalue weighted by Gasteiger charge is -2.32. The number of amides is 3. The molecular weight excluding hydrogens is 877 g/mol. The molecule has 0 saturated carbocycles. The van der Waals surface area contributed by atoms with E-state index in [9.17, 15) is 43.8 Å². The van der Waals surface area contributed by atoms with E-state index in [1.807, 2.05) is 43.8 Å². The Morgan fingerprint density at radius 1 is 0.682 bits per heavy atom. The van der Waals surface area contributed by atoms with Crippen LogP contribution in [0.15, 0.2) is 12.3 Å². The first-order valence-corrected chi connectivity index (χ1v) is 24.3. The fourth-order valence-electron chi connectivity index (χ4n) is 6.00. The largest absolute Gasteiger partial charge is 0.483 e. The zero-order valence-corrected chi connectivity index (χ0v) is 42.2. The van der Waals surface area contributed by atoms with Crippen molar-refractivity contribution < 1.29 is 58.8 Å². The number of hydrogen-bond donors (Lipinski definition) is 8. The minimum Gasteiger partial charge on any atom is -0.483 e. The van der Waals surface area contributed by atoms with Crippen molar-refractivity contribution in [1.82, 2.24) is 40.9 Å². The Bertz CT molecular complexity index is 1300. The maximum absolute atomic E-state index is 12.6. The predicted octanol–water partition coefficient (Wildman–Crippen LogP) is 1.86. The van der Waals surface area contributed by atoms with Crippen LogP contribution in [0.2, 0.25) is 0 Å². The molecule has 0 spiro atoms. The number of aliphatic carboxylic acids is 2. The predicted molar refractivity (Wildman–Crippen MR) is 261 cm³/mol. The number of hydrogen-bond acceptors (Lipinski definition) is 15. The third kappa shape index (κ3) is 47.8. The van der Waals surface area contributed by atoms with Crippen molar-refractivity contribution in [3.8, 4) is 0 Å². The molecule has 3 amide bonds. The van der Waals surface area contributed by atoms with Crippen LogP contribution in [-0.4, -0.2) is 212 Å². The van der Waals surface area contributed by atoms with Crippen LogP contribution in [0.3, 0.4) is 0 Å². The Morgan fingerprint density at radius 3 is 1.56 bits per heavy atom. The van der Waals surface area contributed by atoms with E-state index in [0.717, 1.165) is 76.3 Å². The van der Waals surface area contributed by atoms with Crippen LogP contribution < -0.4 is 21.3 Å². The van der Waals surface area contributed by atoms with Crippen molar-refractivity contribution in [3.05, 3.63) is 12.3 Å². The zero-order chi connectivity index (χ0) is 51.1. The molecule has 2 unspecified atom stereocenters. The van der Waals surface area contributed by atoms with Crippen molar-refractivity contribution in [1.29, 1.82) is 0 Å². The van der Waals surface area contributed by atoms with Gasteiger partial charge in [-0.05, 0) is 70.8 Å². The fraction of sp³-hybridized carbons (Fsp3) is 0.778. The summed E-state index contributed by atoms with van der Waals surface area (Å²) in [6.45, 7) is 20.7. The molecular formula is C45H88N8O12S. The molecule has 1 saturated heterocycles. The Labute approximate surface area is 399 Å². The molecule has 386 valence electrons. The summed E-state index contributed by atoms with van der Waals surface area (Å²) in [5.74, 6) is -0.697. The second kappa shape index (κ2) is 48.8. The van der Waals surface area contributed by atoms with Gasteiger partial charge in [-0.3, -0.25) is 53.2 Å². The number of nitrogens with zero attached hydrogens (tertiary/aromatic N) is 4. The van der Waals surface area contributed by atoms with Crippen LogP contribution in [-0.2, 0) is 38.4 Å². The van der Waals surface area contributed by atoms with Crippen LogP contribution in [0, 0.1) is 5.92 Å². The maximum Gasteiger partial charge on any atom is 0.317 e. The van der Waals surface area contributed by atoms with Gasteiger partial charge in [0.05, 0.1) is 32.7 Å². The topological polar surface area (TPSA) is 279 Å². The summed E-state index contributed by atoms with van der Waals surface area (Å²) in [6.07, 6.45) is 11.9. The molecule has 1 heterocycles. The summed E-state index contributed by atoms with van der Waals surface area (Å²) >= 11 is 1.73. The average molecular weight is 965 g/mol. The van der Waals surface area contributed by atoms with Gasteiger partial charge < -0.3 is 46.5 Å². The first-order valence-electron chi connectivity index (χ1n) is 22.9. The van der Waals surface area contributed by atoms with Gasteiger partial charge in [0, 0.05) is 96.1 Å².